The van der Waals surface area contributed by atoms with Gasteiger partial charge in [-0.3, -0.25) is 5.32 Å². The highest BCUT2D eigenvalue weighted by Gasteiger charge is 2.30. The molecule has 0 spiro atoms. The molecule has 1 N–H and O–H groups in total. The third-order valence-electron chi connectivity index (χ3n) is 2.69. The van der Waals surface area contributed by atoms with E-state index in [1.54, 1.807) is 0 Å². The Hall–Kier alpha value is -1.13. The second-order valence-corrected chi connectivity index (χ2v) is 4.48. The van der Waals surface area contributed by atoms with Gasteiger partial charge in [0.15, 0.2) is 0 Å². The Morgan fingerprint density at radius 3 is 2.82 bits per heavy atom. The van der Waals surface area contributed by atoms with Crippen LogP contribution in [0.4, 0.5) is 4.39 Å². The standard InChI is InChI=1S/C12H13ClFNO2/c1-17-12(16)11(15-8-3-4-8)7-2-5-10(14)9(13)6-7/h2,5-6,8,11,15H,3-4H2,1H3. The maximum Gasteiger partial charge on any atom is 0.327 e. The molecule has 0 heterocycles. The molecule has 0 aromatic heterocycles. The topological polar surface area (TPSA) is 38.3 Å². The lowest BCUT2D eigenvalue weighted by atomic mass is 10.1. The van der Waals surface area contributed by atoms with Crippen LogP contribution in [0.5, 0.6) is 0 Å². The van der Waals surface area contributed by atoms with Crippen molar-refractivity contribution in [3.63, 3.8) is 0 Å². The van der Waals surface area contributed by atoms with E-state index in [0.29, 0.717) is 11.6 Å². The third-order valence-corrected chi connectivity index (χ3v) is 2.98. The third kappa shape index (κ3) is 2.96. The summed E-state index contributed by atoms with van der Waals surface area (Å²) in [5.41, 5.74) is 0.621. The smallest absolute Gasteiger partial charge is 0.327 e. The Morgan fingerprint density at radius 2 is 2.29 bits per heavy atom. The van der Waals surface area contributed by atoms with Gasteiger partial charge in [-0.2, -0.15) is 0 Å². The molecule has 0 aliphatic heterocycles. The Kier molecular flexibility index (Phi) is 3.64. The highest BCUT2D eigenvalue weighted by Crippen LogP contribution is 2.27. The Labute approximate surface area is 104 Å². The summed E-state index contributed by atoms with van der Waals surface area (Å²) in [5.74, 6) is -0.884. The van der Waals surface area contributed by atoms with Crippen molar-refractivity contribution in [1.29, 1.82) is 0 Å². The van der Waals surface area contributed by atoms with E-state index >= 15 is 0 Å². The van der Waals surface area contributed by atoms with Gasteiger partial charge < -0.3 is 4.74 Å². The number of methoxy groups -OCH3 is 1. The molecule has 92 valence electrons. The SMILES string of the molecule is COC(=O)C(NC1CC1)c1ccc(F)c(Cl)c1. The van der Waals surface area contributed by atoms with Crippen molar-refractivity contribution >= 4 is 17.6 Å². The van der Waals surface area contributed by atoms with Gasteiger partial charge >= 0.3 is 5.97 Å². The van der Waals surface area contributed by atoms with E-state index in [-0.39, 0.29) is 11.0 Å². The number of esters is 1. The number of benzene rings is 1. The number of ether oxygens (including phenoxy) is 1. The van der Waals surface area contributed by atoms with Gasteiger partial charge in [-0.25, -0.2) is 9.18 Å². The average molecular weight is 258 g/mol. The largest absolute Gasteiger partial charge is 0.468 e. The molecule has 0 amide bonds. The Bertz CT molecular complexity index is 435. The summed E-state index contributed by atoms with van der Waals surface area (Å²) in [4.78, 5) is 11.7. The molecule has 1 aromatic rings. The van der Waals surface area contributed by atoms with Crippen molar-refractivity contribution in [2.75, 3.05) is 7.11 Å². The predicted octanol–water partition coefficient (Wildman–Crippen LogP) is 2.45. The Morgan fingerprint density at radius 1 is 1.59 bits per heavy atom. The van der Waals surface area contributed by atoms with Crippen LogP contribution < -0.4 is 5.32 Å². The molecule has 1 aromatic carbocycles. The van der Waals surface area contributed by atoms with Gasteiger partial charge in [0.1, 0.15) is 11.9 Å². The van der Waals surface area contributed by atoms with Crippen molar-refractivity contribution in [3.8, 4) is 0 Å². The van der Waals surface area contributed by atoms with Gasteiger partial charge in [-0.05, 0) is 30.5 Å². The van der Waals surface area contributed by atoms with Crippen molar-refractivity contribution in [1.82, 2.24) is 5.32 Å². The molecule has 3 nitrogen and oxygen atoms in total. The van der Waals surface area contributed by atoms with Gasteiger partial charge in [-0.1, -0.05) is 17.7 Å². The van der Waals surface area contributed by atoms with E-state index in [4.69, 9.17) is 16.3 Å². The summed E-state index contributed by atoms with van der Waals surface area (Å²) in [6.45, 7) is 0. The number of hydrogen-bond donors (Lipinski definition) is 1. The summed E-state index contributed by atoms with van der Waals surface area (Å²) >= 11 is 5.70. The van der Waals surface area contributed by atoms with Gasteiger partial charge in [0.25, 0.3) is 0 Å². The van der Waals surface area contributed by atoms with Crippen LogP contribution in [-0.4, -0.2) is 19.1 Å². The number of nitrogens with one attached hydrogen (secondary N) is 1. The molecule has 17 heavy (non-hydrogen) atoms. The Balaban J connectivity index is 2.23. The van der Waals surface area contributed by atoms with E-state index in [0.717, 1.165) is 12.8 Å². The molecule has 1 saturated carbocycles. The van der Waals surface area contributed by atoms with E-state index in [1.807, 2.05) is 0 Å². The van der Waals surface area contributed by atoms with Crippen molar-refractivity contribution in [2.45, 2.75) is 24.9 Å². The first-order chi connectivity index (χ1) is 8.11. The second-order valence-electron chi connectivity index (χ2n) is 4.07. The summed E-state index contributed by atoms with van der Waals surface area (Å²) < 4.78 is 17.8. The summed E-state index contributed by atoms with van der Waals surface area (Å²) in [6, 6.07) is 4.00. The summed E-state index contributed by atoms with van der Waals surface area (Å²) in [5, 5.41) is 3.16. The first-order valence-corrected chi connectivity index (χ1v) is 5.78. The monoisotopic (exact) mass is 257 g/mol. The van der Waals surface area contributed by atoms with E-state index in [2.05, 4.69) is 5.32 Å². The fourth-order valence-electron chi connectivity index (χ4n) is 1.60. The van der Waals surface area contributed by atoms with Crippen LogP contribution in [0, 0.1) is 5.82 Å². The van der Waals surface area contributed by atoms with Crippen LogP contribution in [0.25, 0.3) is 0 Å². The molecule has 1 aliphatic carbocycles. The highest BCUT2D eigenvalue weighted by atomic mass is 35.5. The fourth-order valence-corrected chi connectivity index (χ4v) is 1.78. The molecule has 2 rings (SSSR count). The van der Waals surface area contributed by atoms with Gasteiger partial charge in [0, 0.05) is 6.04 Å². The van der Waals surface area contributed by atoms with E-state index in [9.17, 15) is 9.18 Å². The summed E-state index contributed by atoms with van der Waals surface area (Å²) in [7, 11) is 1.33. The van der Waals surface area contributed by atoms with Gasteiger partial charge in [-0.15, -0.1) is 0 Å². The number of carbonyl (C=O) groups excluding carboxylic acids is 1. The lowest BCUT2D eigenvalue weighted by molar-refractivity contribution is -0.143. The van der Waals surface area contributed by atoms with Crippen LogP contribution >= 0.6 is 11.6 Å². The molecule has 5 heteroatoms. The molecule has 0 bridgehead atoms. The van der Waals surface area contributed by atoms with Crippen LogP contribution in [0.15, 0.2) is 18.2 Å². The quantitative estimate of drug-likeness (QED) is 0.842. The van der Waals surface area contributed by atoms with Gasteiger partial charge in [0.2, 0.25) is 0 Å². The average Bonchev–Trinajstić information content (AvgIpc) is 3.13. The minimum atomic E-state index is -0.578. The van der Waals surface area contributed by atoms with Crippen molar-refractivity contribution in [3.05, 3.63) is 34.6 Å². The highest BCUT2D eigenvalue weighted by molar-refractivity contribution is 6.30. The zero-order valence-corrected chi connectivity index (χ0v) is 10.1. The lowest BCUT2D eigenvalue weighted by Gasteiger charge is -2.16. The van der Waals surface area contributed by atoms with Crippen LogP contribution in [0.3, 0.4) is 0 Å². The van der Waals surface area contributed by atoms with Gasteiger partial charge in [0.05, 0.1) is 12.1 Å². The lowest BCUT2D eigenvalue weighted by Crippen LogP contribution is -2.31. The molecular formula is C12H13ClFNO2. The van der Waals surface area contributed by atoms with Crippen molar-refractivity contribution < 1.29 is 13.9 Å². The van der Waals surface area contributed by atoms with E-state index < -0.39 is 11.9 Å². The number of rotatable bonds is 4. The van der Waals surface area contributed by atoms with Crippen LogP contribution in [0.1, 0.15) is 24.4 Å². The molecule has 1 unspecified atom stereocenters. The number of halogens is 2. The maximum atomic E-state index is 13.1. The molecule has 0 saturated heterocycles. The normalized spacial score (nSPS) is 16.6. The molecule has 1 aliphatic rings. The number of hydrogen-bond acceptors (Lipinski definition) is 3. The molecule has 0 radical (unpaired) electrons. The van der Waals surface area contributed by atoms with Crippen molar-refractivity contribution in [2.24, 2.45) is 0 Å². The molecular weight excluding hydrogens is 245 g/mol. The second kappa shape index (κ2) is 5.02. The predicted molar refractivity (Wildman–Crippen MR) is 62.3 cm³/mol. The van der Waals surface area contributed by atoms with E-state index in [1.165, 1.54) is 25.3 Å². The zero-order chi connectivity index (χ0) is 12.4. The first-order valence-electron chi connectivity index (χ1n) is 5.40. The summed E-state index contributed by atoms with van der Waals surface area (Å²) in [6.07, 6.45) is 2.09. The zero-order valence-electron chi connectivity index (χ0n) is 9.37. The number of carbonyl (C=O) groups is 1. The maximum absolute atomic E-state index is 13.1. The fraction of sp³-hybridized carbons (Fsp3) is 0.417. The molecule has 1 atom stereocenters. The molecule has 1 fully saturated rings. The minimum absolute atomic E-state index is 0.00833. The van der Waals surface area contributed by atoms with Crippen LogP contribution in [-0.2, 0) is 9.53 Å². The van der Waals surface area contributed by atoms with Crippen LogP contribution in [0.2, 0.25) is 5.02 Å². The minimum Gasteiger partial charge on any atom is -0.468 e. The first kappa shape index (κ1) is 12.3.